The molecule has 4 nitrogen and oxygen atoms in total. The molecule has 122 valence electrons. The molecule has 0 fully saturated rings. The maximum atomic E-state index is 11.5. The van der Waals surface area contributed by atoms with Gasteiger partial charge in [-0.25, -0.2) is 8.42 Å². The molecule has 2 N–H and O–H groups in total. The smallest absolute Gasteiger partial charge is 0.175 e. The van der Waals surface area contributed by atoms with Crippen LogP contribution in [0.1, 0.15) is 24.1 Å². The van der Waals surface area contributed by atoms with Crippen LogP contribution in [-0.2, 0) is 16.4 Å². The number of nitrogens with one attached hydrogen (secondary N) is 2. The topological polar surface area (TPSA) is 58.2 Å². The lowest BCUT2D eigenvalue weighted by molar-refractivity contribution is 0.601. The highest BCUT2D eigenvalue weighted by Gasteiger charge is 2.10. The van der Waals surface area contributed by atoms with E-state index >= 15 is 0 Å². The standard InChI is InChI=1S/C17H20N2O2S2/c1-13(15-8-10-16(11-9-15)23(2,20)21)19-17(22)18-12-14-6-4-3-5-7-14/h3-11,13H,12H2,1-2H3,(H2,18,19,22)/t13-/m0/s1. The SMILES string of the molecule is C[C@H](NC(=S)NCc1ccccc1)c1ccc(S(C)(=O)=O)cc1. The van der Waals surface area contributed by atoms with Gasteiger partial charge in [0.25, 0.3) is 0 Å². The van der Waals surface area contributed by atoms with Crippen LogP contribution in [-0.4, -0.2) is 19.8 Å². The fourth-order valence-electron chi connectivity index (χ4n) is 2.11. The van der Waals surface area contributed by atoms with Crippen molar-refractivity contribution in [3.8, 4) is 0 Å². The number of hydrogen-bond acceptors (Lipinski definition) is 3. The van der Waals surface area contributed by atoms with Crippen molar-refractivity contribution < 1.29 is 8.42 Å². The van der Waals surface area contributed by atoms with Crippen molar-refractivity contribution in [3.63, 3.8) is 0 Å². The monoisotopic (exact) mass is 348 g/mol. The van der Waals surface area contributed by atoms with E-state index in [0.29, 0.717) is 16.6 Å². The molecule has 0 aliphatic carbocycles. The van der Waals surface area contributed by atoms with Crippen LogP contribution >= 0.6 is 12.2 Å². The lowest BCUT2D eigenvalue weighted by Gasteiger charge is -2.17. The van der Waals surface area contributed by atoms with Gasteiger partial charge in [-0.15, -0.1) is 0 Å². The maximum absolute atomic E-state index is 11.5. The highest BCUT2D eigenvalue weighted by molar-refractivity contribution is 7.90. The number of thiocarbonyl (C=S) groups is 1. The first-order chi connectivity index (χ1) is 10.9. The maximum Gasteiger partial charge on any atom is 0.175 e. The second-order valence-corrected chi connectivity index (χ2v) is 7.80. The van der Waals surface area contributed by atoms with Crippen molar-refractivity contribution in [1.82, 2.24) is 10.6 Å². The van der Waals surface area contributed by atoms with Gasteiger partial charge in [-0.2, -0.15) is 0 Å². The van der Waals surface area contributed by atoms with Crippen LogP contribution in [0.4, 0.5) is 0 Å². The third-order valence-corrected chi connectivity index (χ3v) is 4.84. The summed E-state index contributed by atoms with van der Waals surface area (Å²) in [7, 11) is -3.17. The van der Waals surface area contributed by atoms with Crippen LogP contribution in [0, 0.1) is 0 Å². The first-order valence-corrected chi connectivity index (χ1v) is 9.54. The first-order valence-electron chi connectivity index (χ1n) is 7.24. The number of sulfone groups is 1. The number of rotatable bonds is 5. The zero-order chi connectivity index (χ0) is 16.9. The molecule has 0 heterocycles. The van der Waals surface area contributed by atoms with E-state index < -0.39 is 9.84 Å². The molecule has 0 saturated carbocycles. The molecule has 0 bridgehead atoms. The minimum Gasteiger partial charge on any atom is -0.359 e. The summed E-state index contributed by atoms with van der Waals surface area (Å²) in [5, 5.41) is 6.92. The van der Waals surface area contributed by atoms with Gasteiger partial charge in [-0.3, -0.25) is 0 Å². The minimum absolute atomic E-state index is 0.0145. The third kappa shape index (κ3) is 5.33. The first kappa shape index (κ1) is 17.4. The summed E-state index contributed by atoms with van der Waals surface area (Å²) >= 11 is 5.30. The molecular weight excluding hydrogens is 328 g/mol. The van der Waals surface area contributed by atoms with Crippen molar-refractivity contribution >= 4 is 27.2 Å². The number of benzene rings is 2. The normalized spacial score (nSPS) is 12.4. The van der Waals surface area contributed by atoms with E-state index in [-0.39, 0.29) is 6.04 Å². The van der Waals surface area contributed by atoms with Crippen LogP contribution in [0.15, 0.2) is 59.5 Å². The molecule has 2 aromatic carbocycles. The Morgan fingerprint density at radius 2 is 1.70 bits per heavy atom. The highest BCUT2D eigenvalue weighted by atomic mass is 32.2. The largest absolute Gasteiger partial charge is 0.359 e. The zero-order valence-corrected chi connectivity index (χ0v) is 14.7. The molecule has 23 heavy (non-hydrogen) atoms. The summed E-state index contributed by atoms with van der Waals surface area (Å²) in [5.74, 6) is 0. The number of hydrogen-bond donors (Lipinski definition) is 2. The van der Waals surface area contributed by atoms with Gasteiger partial charge >= 0.3 is 0 Å². The van der Waals surface area contributed by atoms with Crippen molar-refractivity contribution in [2.24, 2.45) is 0 Å². The summed E-state index contributed by atoms with van der Waals surface area (Å²) in [5.41, 5.74) is 2.13. The minimum atomic E-state index is -3.17. The molecule has 0 aliphatic rings. The molecule has 1 atom stereocenters. The van der Waals surface area contributed by atoms with E-state index in [4.69, 9.17) is 12.2 Å². The van der Waals surface area contributed by atoms with Gasteiger partial charge < -0.3 is 10.6 Å². The Morgan fingerprint density at radius 3 is 2.26 bits per heavy atom. The molecular formula is C17H20N2O2S2. The fraction of sp³-hybridized carbons (Fsp3) is 0.235. The molecule has 0 spiro atoms. The van der Waals surface area contributed by atoms with Crippen LogP contribution in [0.5, 0.6) is 0 Å². The zero-order valence-electron chi connectivity index (χ0n) is 13.1. The molecule has 0 aromatic heterocycles. The van der Waals surface area contributed by atoms with Crippen molar-refractivity contribution in [2.45, 2.75) is 24.4 Å². The Hall–Kier alpha value is -1.92. The van der Waals surface area contributed by atoms with Crippen LogP contribution in [0.25, 0.3) is 0 Å². The second-order valence-electron chi connectivity index (χ2n) is 5.38. The Morgan fingerprint density at radius 1 is 1.09 bits per heavy atom. The quantitative estimate of drug-likeness (QED) is 0.814. The lowest BCUT2D eigenvalue weighted by atomic mass is 10.1. The van der Waals surface area contributed by atoms with Crippen molar-refractivity contribution in [3.05, 3.63) is 65.7 Å². The fourth-order valence-corrected chi connectivity index (χ4v) is 2.99. The van der Waals surface area contributed by atoms with E-state index in [1.54, 1.807) is 24.3 Å². The van der Waals surface area contributed by atoms with Gasteiger partial charge in [0, 0.05) is 12.8 Å². The molecule has 6 heteroatoms. The van der Waals surface area contributed by atoms with E-state index in [9.17, 15) is 8.42 Å². The van der Waals surface area contributed by atoms with Gasteiger partial charge in [0.05, 0.1) is 10.9 Å². The Balaban J connectivity index is 1.90. The summed E-state index contributed by atoms with van der Waals surface area (Å²) < 4.78 is 22.9. The Labute approximate surface area is 142 Å². The average molecular weight is 348 g/mol. The lowest BCUT2D eigenvalue weighted by Crippen LogP contribution is -2.36. The third-order valence-electron chi connectivity index (χ3n) is 3.45. The summed E-state index contributed by atoms with van der Waals surface area (Å²) in [6.07, 6.45) is 1.20. The highest BCUT2D eigenvalue weighted by Crippen LogP contribution is 2.16. The van der Waals surface area contributed by atoms with Crippen LogP contribution in [0.2, 0.25) is 0 Å². The van der Waals surface area contributed by atoms with Crippen LogP contribution < -0.4 is 10.6 Å². The molecule has 2 aromatic rings. The summed E-state index contributed by atoms with van der Waals surface area (Å²) in [4.78, 5) is 0.318. The van der Waals surface area contributed by atoms with E-state index in [1.165, 1.54) is 6.26 Å². The predicted molar refractivity (Wildman–Crippen MR) is 97.0 cm³/mol. The molecule has 0 unspecified atom stereocenters. The molecule has 2 rings (SSSR count). The van der Waals surface area contributed by atoms with Gasteiger partial charge in [0.2, 0.25) is 0 Å². The summed E-state index contributed by atoms with van der Waals surface area (Å²) in [6, 6.07) is 16.8. The van der Waals surface area contributed by atoms with Crippen molar-refractivity contribution in [1.29, 1.82) is 0 Å². The van der Waals surface area contributed by atoms with E-state index in [0.717, 1.165) is 11.1 Å². The van der Waals surface area contributed by atoms with Crippen molar-refractivity contribution in [2.75, 3.05) is 6.26 Å². The molecule has 0 aliphatic heterocycles. The van der Waals surface area contributed by atoms with Gasteiger partial charge in [-0.1, -0.05) is 42.5 Å². The molecule has 0 amide bonds. The van der Waals surface area contributed by atoms with Gasteiger partial charge in [-0.05, 0) is 42.4 Å². The van der Waals surface area contributed by atoms with E-state index in [1.807, 2.05) is 37.3 Å². The van der Waals surface area contributed by atoms with Gasteiger partial charge in [0.15, 0.2) is 14.9 Å². The second kappa shape index (κ2) is 7.57. The van der Waals surface area contributed by atoms with Gasteiger partial charge in [0.1, 0.15) is 0 Å². The molecule has 0 saturated heterocycles. The molecule has 0 radical (unpaired) electrons. The Bertz CT molecular complexity index is 757. The summed E-state index contributed by atoms with van der Waals surface area (Å²) in [6.45, 7) is 2.64. The van der Waals surface area contributed by atoms with E-state index in [2.05, 4.69) is 10.6 Å². The average Bonchev–Trinajstić information content (AvgIpc) is 2.53. The predicted octanol–water partition coefficient (Wildman–Crippen LogP) is 2.82. The Kier molecular flexibility index (Phi) is 5.74. The van der Waals surface area contributed by atoms with Crippen LogP contribution in [0.3, 0.4) is 0 Å².